The van der Waals surface area contributed by atoms with Crippen molar-refractivity contribution in [2.45, 2.75) is 19.1 Å². The fraction of sp³-hybridized carbons (Fsp3) is 0.200. The molecule has 0 aromatic heterocycles. The predicted molar refractivity (Wildman–Crippen MR) is 85.3 cm³/mol. The van der Waals surface area contributed by atoms with Crippen LogP contribution in [-0.4, -0.2) is 0 Å². The van der Waals surface area contributed by atoms with Crippen LogP contribution >= 0.6 is 31.9 Å². The van der Waals surface area contributed by atoms with Gasteiger partial charge in [-0.3, -0.25) is 0 Å². The minimum Gasteiger partial charge on any atom is -0.378 e. The van der Waals surface area contributed by atoms with Gasteiger partial charge in [-0.05, 0) is 58.7 Å². The summed E-state index contributed by atoms with van der Waals surface area (Å²) >= 11 is 6.58. The molecule has 2 aromatic rings. The number of alkyl halides is 3. The molecular formula is C15H12Br2F3N. The molecule has 1 unspecified atom stereocenters. The van der Waals surface area contributed by atoms with Crippen LogP contribution in [0.25, 0.3) is 0 Å². The fourth-order valence-electron chi connectivity index (χ4n) is 1.90. The molecule has 1 nitrogen and oxygen atoms in total. The summed E-state index contributed by atoms with van der Waals surface area (Å²) in [4.78, 5) is 0. The third-order valence-electron chi connectivity index (χ3n) is 3.02. The van der Waals surface area contributed by atoms with Crippen LogP contribution in [-0.2, 0) is 6.18 Å². The second kappa shape index (κ2) is 6.40. The maximum Gasteiger partial charge on any atom is 0.416 e. The van der Waals surface area contributed by atoms with E-state index in [9.17, 15) is 13.2 Å². The number of benzene rings is 2. The van der Waals surface area contributed by atoms with Gasteiger partial charge in [0.25, 0.3) is 0 Å². The molecule has 0 saturated heterocycles. The molecule has 21 heavy (non-hydrogen) atoms. The lowest BCUT2D eigenvalue weighted by molar-refractivity contribution is -0.137. The number of hydrogen-bond acceptors (Lipinski definition) is 1. The summed E-state index contributed by atoms with van der Waals surface area (Å²) < 4.78 is 39.2. The Morgan fingerprint density at radius 2 is 1.76 bits per heavy atom. The predicted octanol–water partition coefficient (Wildman–Crippen LogP) is 6.40. The quantitative estimate of drug-likeness (QED) is 0.603. The van der Waals surface area contributed by atoms with Crippen LogP contribution in [0.5, 0.6) is 0 Å². The molecule has 0 fully saturated rings. The van der Waals surface area contributed by atoms with Gasteiger partial charge < -0.3 is 5.32 Å². The van der Waals surface area contributed by atoms with Crippen molar-refractivity contribution in [3.63, 3.8) is 0 Å². The zero-order valence-electron chi connectivity index (χ0n) is 11.0. The maximum absolute atomic E-state index is 12.6. The van der Waals surface area contributed by atoms with Crippen molar-refractivity contribution >= 4 is 37.5 Å². The Morgan fingerprint density at radius 1 is 1.05 bits per heavy atom. The first-order chi connectivity index (χ1) is 9.77. The average Bonchev–Trinajstić information content (AvgIpc) is 2.39. The van der Waals surface area contributed by atoms with Crippen LogP contribution in [0.3, 0.4) is 0 Å². The first-order valence-corrected chi connectivity index (χ1v) is 7.75. The Kier molecular flexibility index (Phi) is 4.99. The third kappa shape index (κ3) is 4.23. The molecule has 0 bridgehead atoms. The van der Waals surface area contributed by atoms with Crippen molar-refractivity contribution in [2.24, 2.45) is 0 Å². The third-order valence-corrected chi connectivity index (χ3v) is 4.17. The Balaban J connectivity index is 2.20. The highest BCUT2D eigenvalue weighted by atomic mass is 79.9. The molecule has 0 aliphatic rings. The van der Waals surface area contributed by atoms with Crippen LogP contribution in [0.1, 0.15) is 24.1 Å². The summed E-state index contributed by atoms with van der Waals surface area (Å²) in [7, 11) is 0. The number of halogens is 5. The molecule has 0 aliphatic heterocycles. The molecule has 1 N–H and O–H groups in total. The summed E-state index contributed by atoms with van der Waals surface area (Å²) in [5.74, 6) is 0. The highest BCUT2D eigenvalue weighted by molar-refractivity contribution is 9.10. The minimum absolute atomic E-state index is 0.0319. The van der Waals surface area contributed by atoms with Gasteiger partial charge in [0.05, 0.1) is 5.56 Å². The van der Waals surface area contributed by atoms with Gasteiger partial charge in [-0.25, -0.2) is 0 Å². The molecule has 2 aromatic carbocycles. The summed E-state index contributed by atoms with van der Waals surface area (Å²) in [6.07, 6.45) is -4.34. The van der Waals surface area contributed by atoms with Crippen LogP contribution < -0.4 is 5.32 Å². The molecule has 112 valence electrons. The highest BCUT2D eigenvalue weighted by Gasteiger charge is 2.30. The van der Waals surface area contributed by atoms with E-state index in [1.807, 2.05) is 31.2 Å². The standard InChI is InChI=1S/C15H12Br2F3N/c1-9(10-3-2-4-12(16)7-10)21-14-6-5-11(8-13(14)17)15(18,19)20/h2-9,21H,1H3. The van der Waals surface area contributed by atoms with Crippen molar-refractivity contribution in [3.8, 4) is 0 Å². The molecule has 0 amide bonds. The van der Waals surface area contributed by atoms with Gasteiger partial charge in [0.1, 0.15) is 0 Å². The largest absolute Gasteiger partial charge is 0.416 e. The number of rotatable bonds is 3. The lowest BCUT2D eigenvalue weighted by Crippen LogP contribution is -2.09. The van der Waals surface area contributed by atoms with Gasteiger partial charge in [0.2, 0.25) is 0 Å². The van der Waals surface area contributed by atoms with Crippen LogP contribution in [0.4, 0.5) is 18.9 Å². The van der Waals surface area contributed by atoms with E-state index in [4.69, 9.17) is 0 Å². The first-order valence-electron chi connectivity index (χ1n) is 6.16. The Labute approximate surface area is 137 Å². The lowest BCUT2D eigenvalue weighted by atomic mass is 10.1. The van der Waals surface area contributed by atoms with E-state index in [0.29, 0.717) is 10.2 Å². The SMILES string of the molecule is CC(Nc1ccc(C(F)(F)F)cc1Br)c1cccc(Br)c1. The fourth-order valence-corrected chi connectivity index (χ4v) is 2.81. The average molecular weight is 423 g/mol. The summed E-state index contributed by atoms with van der Waals surface area (Å²) in [5.41, 5.74) is 0.988. The summed E-state index contributed by atoms with van der Waals surface area (Å²) in [6.45, 7) is 1.95. The van der Waals surface area contributed by atoms with E-state index in [1.165, 1.54) is 6.07 Å². The van der Waals surface area contributed by atoms with E-state index in [1.54, 1.807) is 0 Å². The van der Waals surface area contributed by atoms with Crippen molar-refractivity contribution < 1.29 is 13.2 Å². The minimum atomic E-state index is -4.34. The van der Waals surface area contributed by atoms with Gasteiger partial charge in [-0.15, -0.1) is 0 Å². The van der Waals surface area contributed by atoms with Gasteiger partial charge in [-0.1, -0.05) is 28.1 Å². The summed E-state index contributed by atoms with van der Waals surface area (Å²) in [6, 6.07) is 11.3. The van der Waals surface area contributed by atoms with Crippen molar-refractivity contribution in [1.82, 2.24) is 0 Å². The van der Waals surface area contributed by atoms with E-state index >= 15 is 0 Å². The molecule has 0 saturated carbocycles. The molecule has 0 heterocycles. The van der Waals surface area contributed by atoms with E-state index in [2.05, 4.69) is 37.2 Å². The smallest absolute Gasteiger partial charge is 0.378 e. The van der Waals surface area contributed by atoms with Crippen molar-refractivity contribution in [3.05, 3.63) is 62.5 Å². The monoisotopic (exact) mass is 421 g/mol. The van der Waals surface area contributed by atoms with E-state index in [0.717, 1.165) is 22.2 Å². The van der Waals surface area contributed by atoms with E-state index in [-0.39, 0.29) is 6.04 Å². The van der Waals surface area contributed by atoms with E-state index < -0.39 is 11.7 Å². The lowest BCUT2D eigenvalue weighted by Gasteiger charge is -2.18. The normalized spacial score (nSPS) is 13.0. The Hall–Kier alpha value is -1.01. The van der Waals surface area contributed by atoms with Crippen molar-refractivity contribution in [2.75, 3.05) is 5.32 Å². The van der Waals surface area contributed by atoms with Gasteiger partial charge in [0.15, 0.2) is 0 Å². The zero-order chi connectivity index (χ0) is 15.6. The number of nitrogens with one attached hydrogen (secondary N) is 1. The topological polar surface area (TPSA) is 12.0 Å². The maximum atomic E-state index is 12.6. The van der Waals surface area contributed by atoms with Gasteiger partial charge >= 0.3 is 6.18 Å². The molecule has 6 heteroatoms. The molecule has 0 radical (unpaired) electrons. The van der Waals surface area contributed by atoms with Crippen molar-refractivity contribution in [1.29, 1.82) is 0 Å². The highest BCUT2D eigenvalue weighted by Crippen LogP contribution is 2.35. The Bertz CT molecular complexity index is 641. The van der Waals surface area contributed by atoms with Gasteiger partial charge in [0, 0.05) is 20.7 Å². The Morgan fingerprint density at radius 3 is 2.33 bits per heavy atom. The van der Waals surface area contributed by atoms with Gasteiger partial charge in [-0.2, -0.15) is 13.2 Å². The molecular weight excluding hydrogens is 411 g/mol. The first kappa shape index (κ1) is 16.4. The van der Waals surface area contributed by atoms with Crippen LogP contribution in [0, 0.1) is 0 Å². The second-order valence-corrected chi connectivity index (χ2v) is 6.38. The molecule has 0 aliphatic carbocycles. The van der Waals surface area contributed by atoms with Crippen LogP contribution in [0.15, 0.2) is 51.4 Å². The molecule has 0 spiro atoms. The second-order valence-electron chi connectivity index (χ2n) is 4.61. The zero-order valence-corrected chi connectivity index (χ0v) is 14.2. The number of anilines is 1. The molecule has 2 rings (SSSR count). The molecule has 1 atom stereocenters. The van der Waals surface area contributed by atoms with Crippen LogP contribution in [0.2, 0.25) is 0 Å². The summed E-state index contributed by atoms with van der Waals surface area (Å²) in [5, 5.41) is 3.20. The number of hydrogen-bond donors (Lipinski definition) is 1.